The molecule has 1 aromatic rings. The van der Waals surface area contributed by atoms with E-state index >= 15 is 0 Å². The zero-order valence-corrected chi connectivity index (χ0v) is 26.0. The van der Waals surface area contributed by atoms with E-state index in [0.29, 0.717) is 0 Å². The fraction of sp³-hybridized carbons (Fsp3) is 0.778. The summed E-state index contributed by atoms with van der Waals surface area (Å²) in [5.41, 5.74) is 0. The maximum Gasteiger partial charge on any atom is 0.0859 e. The molecule has 0 amide bonds. The minimum Gasteiger partial charge on any atom is -0.0692 e. The van der Waals surface area contributed by atoms with Crippen LogP contribution in [0.4, 0.5) is 0 Å². The van der Waals surface area contributed by atoms with Crippen molar-refractivity contribution in [3.63, 3.8) is 0 Å². The molecule has 0 nitrogen and oxygen atoms in total. The minimum absolute atomic E-state index is 0.671. The van der Waals surface area contributed by atoms with Crippen LogP contribution >= 0.6 is 0 Å². The highest BCUT2D eigenvalue weighted by molar-refractivity contribution is 6.91. The summed E-state index contributed by atoms with van der Waals surface area (Å²) in [6, 6.07) is 25.6. The Morgan fingerprint density at radius 1 is 0.467 bits per heavy atom. The van der Waals surface area contributed by atoms with E-state index in [1.54, 1.807) is 5.19 Å². The third kappa shape index (κ3) is 10.5. The van der Waals surface area contributed by atoms with Crippen molar-refractivity contribution >= 4 is 29.4 Å². The van der Waals surface area contributed by atoms with Crippen molar-refractivity contribution in [2.24, 2.45) is 0 Å². The predicted octanol–water partition coefficient (Wildman–Crippen LogP) is 10.0. The van der Waals surface area contributed by atoms with E-state index in [-0.39, 0.29) is 0 Å². The molecule has 0 radical (unpaired) electrons. The summed E-state index contributed by atoms with van der Waals surface area (Å²) in [7, 11) is -2.46. The number of rotatable bonds is 11. The quantitative estimate of drug-likeness (QED) is 0.284. The van der Waals surface area contributed by atoms with Gasteiger partial charge in [-0.3, -0.25) is 0 Å². The highest BCUT2D eigenvalue weighted by Gasteiger charge is 2.28. The van der Waals surface area contributed by atoms with Crippen LogP contribution in [-0.2, 0) is 0 Å². The van der Waals surface area contributed by atoms with Gasteiger partial charge in [-0.15, -0.1) is 0 Å². The topological polar surface area (TPSA) is 0 Å². The molecule has 1 rings (SSSR count). The molecule has 0 fully saturated rings. The lowest BCUT2D eigenvalue weighted by atomic mass is 10.4. The first-order chi connectivity index (χ1) is 14.2. The Hall–Kier alpha value is -0.129. The van der Waals surface area contributed by atoms with Gasteiger partial charge in [0, 0.05) is 8.07 Å². The second-order valence-electron chi connectivity index (χ2n) is 9.49. The first-order valence-corrected chi connectivity index (χ1v) is 21.8. The van der Waals surface area contributed by atoms with Crippen molar-refractivity contribution in [3.8, 4) is 0 Å². The van der Waals surface area contributed by atoms with Gasteiger partial charge in [0.15, 0.2) is 0 Å². The monoisotopic (exact) mass is 466 g/mol. The zero-order valence-electron chi connectivity index (χ0n) is 23.0. The average molecular weight is 467 g/mol. The largest absolute Gasteiger partial charge is 0.0859 e. The Bertz CT molecular complexity index is 452. The second kappa shape index (κ2) is 17.4. The van der Waals surface area contributed by atoms with Crippen LogP contribution in [0.1, 0.15) is 69.2 Å². The van der Waals surface area contributed by atoms with Crippen LogP contribution in [0.15, 0.2) is 30.3 Å². The van der Waals surface area contributed by atoms with Gasteiger partial charge in [0.25, 0.3) is 0 Å². The van der Waals surface area contributed by atoms with Crippen LogP contribution in [-0.4, -0.2) is 24.2 Å². The summed E-state index contributed by atoms with van der Waals surface area (Å²) in [6.07, 6.45) is 0. The molecule has 0 atom stereocenters. The molecule has 0 heterocycles. The minimum atomic E-state index is -1.09. The molecular weight excluding hydrogens is 409 g/mol. The first kappa shape index (κ1) is 32.1. The second-order valence-corrected chi connectivity index (χ2v) is 26.3. The van der Waals surface area contributed by atoms with Crippen molar-refractivity contribution in [2.45, 2.75) is 136 Å². The lowest BCUT2D eigenvalue weighted by Crippen LogP contribution is -2.45. The fourth-order valence-corrected chi connectivity index (χ4v) is 12.5. The summed E-state index contributed by atoms with van der Waals surface area (Å²) in [5.74, 6) is 0. The van der Waals surface area contributed by atoms with Gasteiger partial charge < -0.3 is 0 Å². The predicted molar refractivity (Wildman–Crippen MR) is 154 cm³/mol. The van der Waals surface area contributed by atoms with Gasteiger partial charge in [0.05, 0.1) is 16.1 Å². The maximum atomic E-state index is 2.49. The van der Waals surface area contributed by atoms with E-state index in [1.165, 1.54) is 60.4 Å². The standard InChI is InChI=1S/C12H20Si.C8H20Si.C7H18Si/c1-4-13(5-2,6-3)12-10-8-7-9-11-12;1-5-9(6-2,7-3)8-4;1-5-8(4,6-2)7-3/h7-11H,4-6H2,1-3H3;5-8H2,1-4H3;5-7H2,1-4H3. The van der Waals surface area contributed by atoms with Crippen LogP contribution in [0.3, 0.4) is 0 Å². The molecule has 0 bridgehead atoms. The molecule has 0 saturated carbocycles. The normalized spacial score (nSPS) is 11.8. The van der Waals surface area contributed by atoms with Gasteiger partial charge in [-0.25, -0.2) is 0 Å². The van der Waals surface area contributed by atoms with Gasteiger partial charge >= 0.3 is 0 Å². The van der Waals surface area contributed by atoms with E-state index in [1.807, 2.05) is 0 Å². The van der Waals surface area contributed by atoms with Gasteiger partial charge in [0.2, 0.25) is 0 Å². The van der Waals surface area contributed by atoms with Crippen molar-refractivity contribution in [1.29, 1.82) is 0 Å². The Kier molecular flexibility index (Phi) is 18.6. The number of hydrogen-bond donors (Lipinski definition) is 0. The van der Waals surface area contributed by atoms with E-state index < -0.39 is 24.2 Å². The molecule has 178 valence electrons. The first-order valence-electron chi connectivity index (χ1n) is 13.3. The summed E-state index contributed by atoms with van der Waals surface area (Å²) in [5, 5.41) is 1.64. The Balaban J connectivity index is 0. The van der Waals surface area contributed by atoms with Crippen LogP contribution < -0.4 is 5.19 Å². The molecule has 0 saturated heterocycles. The third-order valence-electron chi connectivity index (χ3n) is 8.98. The number of benzene rings is 1. The molecule has 30 heavy (non-hydrogen) atoms. The molecule has 0 N–H and O–H groups in total. The third-order valence-corrected chi connectivity index (χ3v) is 25.7. The smallest absolute Gasteiger partial charge is 0.0692 e. The van der Waals surface area contributed by atoms with Crippen LogP contribution in [0, 0.1) is 0 Å². The molecule has 0 unspecified atom stereocenters. The van der Waals surface area contributed by atoms with E-state index in [4.69, 9.17) is 0 Å². The SMILES string of the molecule is CC[Si](C)(CC)CC.CC[Si](CC)(CC)CC.CC[Si](CC)(CC)c1ccccc1. The molecule has 3 heteroatoms. The maximum absolute atomic E-state index is 2.49. The van der Waals surface area contributed by atoms with Gasteiger partial charge in [0.1, 0.15) is 0 Å². The summed E-state index contributed by atoms with van der Waals surface area (Å²) in [6.45, 7) is 26.0. The molecular formula is C27H58Si3. The van der Waals surface area contributed by atoms with E-state index in [9.17, 15) is 0 Å². The van der Waals surface area contributed by atoms with Gasteiger partial charge in [-0.1, -0.05) is 172 Å². The summed E-state index contributed by atoms with van der Waals surface area (Å²) in [4.78, 5) is 0. The Labute approximate surface area is 195 Å². The van der Waals surface area contributed by atoms with Crippen molar-refractivity contribution in [1.82, 2.24) is 0 Å². The number of hydrogen-bond acceptors (Lipinski definition) is 0. The van der Waals surface area contributed by atoms with Gasteiger partial charge in [-0.05, 0) is 0 Å². The van der Waals surface area contributed by atoms with Crippen molar-refractivity contribution in [2.75, 3.05) is 0 Å². The van der Waals surface area contributed by atoms with Gasteiger partial charge in [-0.2, -0.15) is 0 Å². The van der Waals surface area contributed by atoms with E-state index in [0.717, 1.165) is 0 Å². The Morgan fingerprint density at radius 3 is 0.967 bits per heavy atom. The van der Waals surface area contributed by atoms with Crippen LogP contribution in [0.25, 0.3) is 0 Å². The van der Waals surface area contributed by atoms with Crippen molar-refractivity contribution in [3.05, 3.63) is 30.3 Å². The van der Waals surface area contributed by atoms with Crippen LogP contribution in [0.2, 0.25) is 67.0 Å². The molecule has 0 aromatic heterocycles. The molecule has 0 aliphatic rings. The van der Waals surface area contributed by atoms with Crippen LogP contribution in [0.5, 0.6) is 0 Å². The highest BCUT2D eigenvalue weighted by atomic mass is 28.3. The Morgan fingerprint density at radius 2 is 0.800 bits per heavy atom. The average Bonchev–Trinajstić information content (AvgIpc) is 2.83. The molecule has 0 aliphatic heterocycles. The van der Waals surface area contributed by atoms with E-state index in [2.05, 4.69) is 106 Å². The molecule has 0 aliphatic carbocycles. The summed E-state index contributed by atoms with van der Waals surface area (Å²) >= 11 is 0. The molecule has 0 spiro atoms. The van der Waals surface area contributed by atoms with Crippen molar-refractivity contribution < 1.29 is 0 Å². The molecule has 1 aromatic carbocycles. The lowest BCUT2D eigenvalue weighted by Gasteiger charge is -2.28. The lowest BCUT2D eigenvalue weighted by molar-refractivity contribution is 1.11. The summed E-state index contributed by atoms with van der Waals surface area (Å²) < 4.78 is 0. The highest BCUT2D eigenvalue weighted by Crippen LogP contribution is 2.24. The zero-order chi connectivity index (χ0) is 23.7. The fourth-order valence-electron chi connectivity index (χ4n) is 4.40.